The number of aromatic nitrogens is 2. The van der Waals surface area contributed by atoms with E-state index in [4.69, 9.17) is 9.72 Å². The van der Waals surface area contributed by atoms with Gasteiger partial charge in [-0.3, -0.25) is 14.8 Å². The topological polar surface area (TPSA) is 55.3 Å². The van der Waals surface area contributed by atoms with Crippen molar-refractivity contribution in [3.05, 3.63) is 77.7 Å². The Bertz CT molecular complexity index is 1020. The predicted molar refractivity (Wildman–Crippen MR) is 117 cm³/mol. The molecule has 1 aromatic heterocycles. The lowest BCUT2D eigenvalue weighted by atomic mass is 9.91. The van der Waals surface area contributed by atoms with Crippen LogP contribution < -0.4 is 4.74 Å². The molecule has 1 aliphatic rings. The van der Waals surface area contributed by atoms with Gasteiger partial charge in [0.1, 0.15) is 5.75 Å². The van der Waals surface area contributed by atoms with E-state index < -0.39 is 0 Å². The molecule has 2 aromatic carbocycles. The van der Waals surface area contributed by atoms with Crippen molar-refractivity contribution >= 4 is 5.91 Å². The second kappa shape index (κ2) is 9.08. The molecular weight excluding hydrogens is 374 g/mol. The van der Waals surface area contributed by atoms with Crippen LogP contribution in [0.4, 0.5) is 0 Å². The van der Waals surface area contributed by atoms with Gasteiger partial charge in [0.15, 0.2) is 0 Å². The minimum absolute atomic E-state index is 0.158. The van der Waals surface area contributed by atoms with Crippen molar-refractivity contribution in [3.8, 4) is 17.0 Å². The molecule has 0 unspecified atom stereocenters. The molecule has 0 bridgehead atoms. The van der Waals surface area contributed by atoms with Gasteiger partial charge in [0.2, 0.25) is 5.91 Å². The van der Waals surface area contributed by atoms with E-state index in [0.717, 1.165) is 47.7 Å². The van der Waals surface area contributed by atoms with Crippen LogP contribution in [0.5, 0.6) is 5.75 Å². The van der Waals surface area contributed by atoms with E-state index in [9.17, 15) is 4.79 Å². The van der Waals surface area contributed by atoms with Crippen LogP contribution >= 0.6 is 0 Å². The highest BCUT2D eigenvalue weighted by Crippen LogP contribution is 2.32. The van der Waals surface area contributed by atoms with Crippen LogP contribution in [0, 0.1) is 6.92 Å². The second-order valence-corrected chi connectivity index (χ2v) is 7.86. The number of nitrogens with zero attached hydrogens (tertiary/aromatic N) is 3. The van der Waals surface area contributed by atoms with E-state index in [1.807, 2.05) is 29.2 Å². The van der Waals surface area contributed by atoms with Gasteiger partial charge in [-0.1, -0.05) is 35.9 Å². The Kier molecular flexibility index (Phi) is 6.07. The monoisotopic (exact) mass is 401 g/mol. The van der Waals surface area contributed by atoms with Gasteiger partial charge >= 0.3 is 0 Å². The Hall–Kier alpha value is -3.21. The van der Waals surface area contributed by atoms with Crippen molar-refractivity contribution in [2.75, 3.05) is 20.2 Å². The number of carbonyl (C=O) groups excluding carboxylic acids is 1. The summed E-state index contributed by atoms with van der Waals surface area (Å²) < 4.78 is 5.20. The molecule has 0 N–H and O–H groups in total. The number of ether oxygens (including phenoxy) is 1. The predicted octanol–water partition coefficient (Wildman–Crippen LogP) is 4.41. The van der Waals surface area contributed by atoms with Gasteiger partial charge < -0.3 is 9.64 Å². The minimum atomic E-state index is 0.158. The summed E-state index contributed by atoms with van der Waals surface area (Å²) in [6.45, 7) is 3.57. The SMILES string of the molecule is COc1ccc(CC(=O)N2CCC[C@@H](c3nccnc3-c3cccc(C)c3)C2)cc1. The lowest BCUT2D eigenvalue weighted by Crippen LogP contribution is -2.40. The van der Waals surface area contributed by atoms with E-state index in [-0.39, 0.29) is 11.8 Å². The van der Waals surface area contributed by atoms with E-state index in [1.165, 1.54) is 5.56 Å². The minimum Gasteiger partial charge on any atom is -0.497 e. The number of benzene rings is 2. The van der Waals surface area contributed by atoms with Crippen LogP contribution in [0.25, 0.3) is 11.3 Å². The van der Waals surface area contributed by atoms with Crippen LogP contribution in [0.3, 0.4) is 0 Å². The van der Waals surface area contributed by atoms with Crippen molar-refractivity contribution in [3.63, 3.8) is 0 Å². The van der Waals surface area contributed by atoms with Crippen LogP contribution in [0.1, 0.15) is 35.6 Å². The first-order valence-corrected chi connectivity index (χ1v) is 10.4. The number of hydrogen-bond donors (Lipinski definition) is 0. The smallest absolute Gasteiger partial charge is 0.227 e. The van der Waals surface area contributed by atoms with Crippen molar-refractivity contribution in [2.24, 2.45) is 0 Å². The van der Waals surface area contributed by atoms with Crippen molar-refractivity contribution in [1.82, 2.24) is 14.9 Å². The molecule has 5 nitrogen and oxygen atoms in total. The van der Waals surface area contributed by atoms with Crippen molar-refractivity contribution in [1.29, 1.82) is 0 Å². The van der Waals surface area contributed by atoms with Crippen molar-refractivity contribution < 1.29 is 9.53 Å². The molecule has 1 fully saturated rings. The largest absolute Gasteiger partial charge is 0.497 e. The molecule has 0 saturated carbocycles. The molecule has 1 saturated heterocycles. The molecule has 30 heavy (non-hydrogen) atoms. The first kappa shape index (κ1) is 20.1. The van der Waals surface area contributed by atoms with Crippen LogP contribution in [0.15, 0.2) is 60.9 Å². The molecule has 1 atom stereocenters. The highest BCUT2D eigenvalue weighted by molar-refractivity contribution is 5.79. The fourth-order valence-electron chi connectivity index (χ4n) is 4.12. The number of aryl methyl sites for hydroxylation is 1. The summed E-state index contributed by atoms with van der Waals surface area (Å²) in [6, 6.07) is 16.1. The lowest BCUT2D eigenvalue weighted by Gasteiger charge is -2.33. The van der Waals surface area contributed by atoms with E-state index >= 15 is 0 Å². The molecule has 154 valence electrons. The number of carbonyl (C=O) groups is 1. The number of hydrogen-bond acceptors (Lipinski definition) is 4. The molecule has 1 amide bonds. The maximum absolute atomic E-state index is 13.0. The summed E-state index contributed by atoms with van der Waals surface area (Å²) in [5.74, 6) is 1.16. The van der Waals surface area contributed by atoms with E-state index in [0.29, 0.717) is 13.0 Å². The van der Waals surface area contributed by atoms with Gasteiger partial charge in [0.25, 0.3) is 0 Å². The van der Waals surface area contributed by atoms with Crippen molar-refractivity contribution in [2.45, 2.75) is 32.1 Å². The summed E-state index contributed by atoms with van der Waals surface area (Å²) in [4.78, 5) is 24.3. The first-order valence-electron chi connectivity index (χ1n) is 10.4. The zero-order valence-corrected chi connectivity index (χ0v) is 17.5. The normalized spacial score (nSPS) is 16.3. The highest BCUT2D eigenvalue weighted by Gasteiger charge is 2.28. The molecular formula is C25H27N3O2. The Morgan fingerprint density at radius 3 is 2.70 bits per heavy atom. The Morgan fingerprint density at radius 2 is 1.93 bits per heavy atom. The van der Waals surface area contributed by atoms with Crippen LogP contribution in [0.2, 0.25) is 0 Å². The average molecular weight is 402 g/mol. The van der Waals surface area contributed by atoms with Gasteiger partial charge in [-0.05, 0) is 43.5 Å². The zero-order valence-electron chi connectivity index (χ0n) is 17.5. The van der Waals surface area contributed by atoms with Gasteiger partial charge in [-0.25, -0.2) is 0 Å². The maximum atomic E-state index is 13.0. The third kappa shape index (κ3) is 4.51. The Labute approximate surface area is 177 Å². The maximum Gasteiger partial charge on any atom is 0.227 e. The lowest BCUT2D eigenvalue weighted by molar-refractivity contribution is -0.131. The first-order chi connectivity index (χ1) is 14.6. The molecule has 5 heteroatoms. The quantitative estimate of drug-likeness (QED) is 0.635. The summed E-state index contributed by atoms with van der Waals surface area (Å²) in [5, 5.41) is 0. The number of amides is 1. The summed E-state index contributed by atoms with van der Waals surface area (Å²) in [5.41, 5.74) is 5.20. The Morgan fingerprint density at radius 1 is 1.13 bits per heavy atom. The zero-order chi connectivity index (χ0) is 20.9. The second-order valence-electron chi connectivity index (χ2n) is 7.86. The van der Waals surface area contributed by atoms with Crippen LogP contribution in [-0.2, 0) is 11.2 Å². The molecule has 4 rings (SSSR count). The molecule has 3 aromatic rings. The highest BCUT2D eigenvalue weighted by atomic mass is 16.5. The van der Waals surface area contributed by atoms with Gasteiger partial charge in [0, 0.05) is 37.0 Å². The molecule has 1 aliphatic heterocycles. The molecule has 2 heterocycles. The van der Waals surface area contributed by atoms with Gasteiger partial charge in [-0.15, -0.1) is 0 Å². The molecule has 0 spiro atoms. The summed E-state index contributed by atoms with van der Waals surface area (Å²) in [7, 11) is 1.64. The summed E-state index contributed by atoms with van der Waals surface area (Å²) in [6.07, 6.45) is 5.90. The number of piperidine rings is 1. The van der Waals surface area contributed by atoms with Crippen LogP contribution in [-0.4, -0.2) is 41.0 Å². The fraction of sp³-hybridized carbons (Fsp3) is 0.320. The number of likely N-dealkylation sites (tertiary alicyclic amines) is 1. The summed E-state index contributed by atoms with van der Waals surface area (Å²) >= 11 is 0. The third-order valence-electron chi connectivity index (χ3n) is 5.69. The molecule has 0 radical (unpaired) electrons. The van der Waals surface area contributed by atoms with E-state index in [2.05, 4.69) is 36.2 Å². The standard InChI is InChI=1S/C25H27N3O2/c1-18-5-3-6-20(15-18)24-25(27-13-12-26-24)21-7-4-14-28(17-21)23(29)16-19-8-10-22(30-2)11-9-19/h3,5-6,8-13,15,21H,4,7,14,16-17H2,1-2H3/t21-/m1/s1. The number of methoxy groups -OCH3 is 1. The van der Waals surface area contributed by atoms with E-state index in [1.54, 1.807) is 19.5 Å². The molecule has 0 aliphatic carbocycles. The average Bonchev–Trinajstić information content (AvgIpc) is 2.79. The fourth-order valence-corrected chi connectivity index (χ4v) is 4.12. The Balaban J connectivity index is 1.51. The number of rotatable bonds is 5. The third-order valence-corrected chi connectivity index (χ3v) is 5.69. The van der Waals surface area contributed by atoms with Gasteiger partial charge in [0.05, 0.1) is 24.9 Å². The van der Waals surface area contributed by atoms with Gasteiger partial charge in [-0.2, -0.15) is 0 Å².